The van der Waals surface area contributed by atoms with Crippen LogP contribution in [-0.2, 0) is 14.5 Å². The highest BCUT2D eigenvalue weighted by Crippen LogP contribution is 2.38. The first-order valence-electron chi connectivity index (χ1n) is 5.85. The average Bonchev–Trinajstić information content (AvgIpc) is 2.25. The Morgan fingerprint density at radius 3 is 2.19 bits per heavy atom. The van der Waals surface area contributed by atoms with E-state index in [2.05, 4.69) is 0 Å². The summed E-state index contributed by atoms with van der Waals surface area (Å²) in [5.74, 6) is 0.264. The highest BCUT2D eigenvalue weighted by molar-refractivity contribution is 7.84. The fraction of sp³-hybridized carbons (Fsp3) is 1.00. The van der Waals surface area contributed by atoms with Crippen molar-refractivity contribution in [2.45, 2.75) is 44.1 Å². The lowest BCUT2D eigenvalue weighted by atomic mass is 9.82. The predicted octanol–water partition coefficient (Wildman–Crippen LogP) is 1.90. The van der Waals surface area contributed by atoms with Gasteiger partial charge in [-0.05, 0) is 32.1 Å². The fourth-order valence-corrected chi connectivity index (χ4v) is 4.04. The van der Waals surface area contributed by atoms with Gasteiger partial charge in [0, 0.05) is 13.1 Å². The van der Waals surface area contributed by atoms with Crippen LogP contribution in [0.25, 0.3) is 0 Å². The molecule has 2 fully saturated rings. The largest absolute Gasteiger partial charge is 0.338 e. The van der Waals surface area contributed by atoms with E-state index >= 15 is 0 Å². The van der Waals surface area contributed by atoms with Crippen LogP contribution in [0.4, 0.5) is 0 Å². The summed E-state index contributed by atoms with van der Waals surface area (Å²) in [5.41, 5.74) is -0.613. The number of nitrogens with zero attached hydrogens (tertiary/aromatic N) is 1. The van der Waals surface area contributed by atoms with Crippen LogP contribution in [0.1, 0.15) is 38.5 Å². The minimum Gasteiger partial charge on any atom is -0.250 e. The normalized spacial score (nSPS) is 26.3. The number of piperidine rings is 1. The lowest BCUT2D eigenvalue weighted by Gasteiger charge is -2.40. The van der Waals surface area contributed by atoms with Crippen molar-refractivity contribution in [1.29, 1.82) is 0 Å². The van der Waals surface area contributed by atoms with E-state index in [-0.39, 0.29) is 5.88 Å². The van der Waals surface area contributed by atoms with Crippen LogP contribution < -0.4 is 0 Å². The molecule has 16 heavy (non-hydrogen) atoms. The summed E-state index contributed by atoms with van der Waals surface area (Å²) in [4.78, 5) is 0. The second kappa shape index (κ2) is 4.80. The van der Waals surface area contributed by atoms with Crippen LogP contribution in [-0.4, -0.2) is 37.3 Å². The lowest BCUT2D eigenvalue weighted by molar-refractivity contribution is 0.0126. The third-order valence-electron chi connectivity index (χ3n) is 3.42. The maximum absolute atomic E-state index is 12.0. The van der Waals surface area contributed by atoms with Crippen molar-refractivity contribution in [3.8, 4) is 0 Å². The summed E-state index contributed by atoms with van der Waals surface area (Å²) in [6.07, 6.45) is 5.47. The molecule has 1 saturated carbocycles. The molecule has 0 bridgehead atoms. The van der Waals surface area contributed by atoms with Crippen LogP contribution in [0.3, 0.4) is 0 Å². The maximum Gasteiger partial charge on any atom is 0.338 e. The highest BCUT2D eigenvalue weighted by atomic mass is 35.5. The van der Waals surface area contributed by atoms with Crippen LogP contribution in [0.5, 0.6) is 0 Å². The van der Waals surface area contributed by atoms with E-state index in [0.29, 0.717) is 13.1 Å². The molecular formula is C10H18ClNO3S. The molecule has 2 rings (SSSR count). The Labute approximate surface area is 102 Å². The van der Waals surface area contributed by atoms with Gasteiger partial charge >= 0.3 is 10.3 Å². The van der Waals surface area contributed by atoms with Crippen LogP contribution >= 0.6 is 11.6 Å². The molecule has 0 amide bonds. The Morgan fingerprint density at radius 2 is 1.75 bits per heavy atom. The van der Waals surface area contributed by atoms with Gasteiger partial charge in [-0.25, -0.2) is 4.18 Å². The minimum absolute atomic E-state index is 0.264. The molecule has 2 aliphatic rings. The van der Waals surface area contributed by atoms with Crippen LogP contribution in [0.2, 0.25) is 0 Å². The molecule has 1 aliphatic carbocycles. The van der Waals surface area contributed by atoms with Gasteiger partial charge in [0.05, 0.1) is 5.88 Å². The van der Waals surface area contributed by atoms with Gasteiger partial charge in [0.2, 0.25) is 0 Å². The van der Waals surface area contributed by atoms with Crippen molar-refractivity contribution >= 4 is 21.9 Å². The number of halogens is 1. The van der Waals surface area contributed by atoms with Gasteiger partial charge in [0.15, 0.2) is 0 Å². The first-order valence-corrected chi connectivity index (χ1v) is 7.75. The molecule has 1 aliphatic heterocycles. The van der Waals surface area contributed by atoms with Crippen molar-refractivity contribution in [2.24, 2.45) is 0 Å². The smallest absolute Gasteiger partial charge is 0.250 e. The van der Waals surface area contributed by atoms with Gasteiger partial charge in [-0.2, -0.15) is 12.7 Å². The molecule has 1 heterocycles. The summed E-state index contributed by atoms with van der Waals surface area (Å²) in [7, 11) is -3.57. The number of hydrogen-bond acceptors (Lipinski definition) is 3. The standard InChI is InChI=1S/C10H18ClNO3S/c11-9-10(5-4-6-10)15-16(13,14)12-7-2-1-3-8-12/h1-9H2. The summed E-state index contributed by atoms with van der Waals surface area (Å²) < 4.78 is 30.8. The third-order valence-corrected chi connectivity index (χ3v) is 5.47. The van der Waals surface area contributed by atoms with E-state index in [1.54, 1.807) is 0 Å². The third kappa shape index (κ3) is 2.53. The molecule has 0 aromatic rings. The molecule has 0 aromatic heterocycles. The van der Waals surface area contributed by atoms with Gasteiger partial charge < -0.3 is 0 Å². The van der Waals surface area contributed by atoms with Gasteiger partial charge in [-0.3, -0.25) is 0 Å². The molecule has 94 valence electrons. The molecule has 4 nitrogen and oxygen atoms in total. The van der Waals surface area contributed by atoms with E-state index in [9.17, 15) is 8.42 Å². The Morgan fingerprint density at radius 1 is 1.12 bits per heavy atom. The SMILES string of the molecule is O=S(=O)(OC1(CCl)CCC1)N1CCCCC1. The van der Waals surface area contributed by atoms with Crippen LogP contribution in [0, 0.1) is 0 Å². The number of hydrogen-bond donors (Lipinski definition) is 0. The Bertz CT molecular complexity index is 328. The van der Waals surface area contributed by atoms with Crippen molar-refractivity contribution in [1.82, 2.24) is 4.31 Å². The predicted molar refractivity (Wildman–Crippen MR) is 62.7 cm³/mol. The molecule has 1 saturated heterocycles. The topological polar surface area (TPSA) is 46.6 Å². The monoisotopic (exact) mass is 267 g/mol. The molecule has 0 atom stereocenters. The number of alkyl halides is 1. The minimum atomic E-state index is -3.57. The van der Waals surface area contributed by atoms with Crippen LogP contribution in [0.15, 0.2) is 0 Å². The Kier molecular flexibility index (Phi) is 3.79. The summed E-state index contributed by atoms with van der Waals surface area (Å²) in [5, 5.41) is 0. The molecule has 0 N–H and O–H groups in total. The number of rotatable bonds is 4. The lowest BCUT2D eigenvalue weighted by Crippen LogP contribution is -2.48. The summed E-state index contributed by atoms with van der Waals surface area (Å²) in [6, 6.07) is 0. The maximum atomic E-state index is 12.0. The molecule has 0 spiro atoms. The molecule has 0 aromatic carbocycles. The van der Waals surface area contributed by atoms with E-state index in [1.165, 1.54) is 4.31 Å². The Balaban J connectivity index is 2.01. The van der Waals surface area contributed by atoms with Crippen molar-refractivity contribution in [2.75, 3.05) is 19.0 Å². The van der Waals surface area contributed by atoms with Gasteiger partial charge in [0.1, 0.15) is 5.60 Å². The van der Waals surface area contributed by atoms with Gasteiger partial charge in [-0.1, -0.05) is 6.42 Å². The first-order chi connectivity index (χ1) is 7.58. The second-order valence-corrected chi connectivity index (χ2v) is 6.48. The fourth-order valence-electron chi connectivity index (χ4n) is 2.17. The van der Waals surface area contributed by atoms with Gasteiger partial charge in [-0.15, -0.1) is 11.6 Å². The van der Waals surface area contributed by atoms with E-state index in [1.807, 2.05) is 0 Å². The zero-order valence-electron chi connectivity index (χ0n) is 9.32. The zero-order valence-corrected chi connectivity index (χ0v) is 10.9. The summed E-state index contributed by atoms with van der Waals surface area (Å²) in [6.45, 7) is 1.17. The van der Waals surface area contributed by atoms with Gasteiger partial charge in [0.25, 0.3) is 0 Å². The highest BCUT2D eigenvalue weighted by Gasteiger charge is 2.43. The van der Waals surface area contributed by atoms with Crippen molar-refractivity contribution in [3.05, 3.63) is 0 Å². The summed E-state index contributed by atoms with van der Waals surface area (Å²) >= 11 is 5.80. The van der Waals surface area contributed by atoms with E-state index in [0.717, 1.165) is 38.5 Å². The quantitative estimate of drug-likeness (QED) is 0.731. The molecule has 6 heteroatoms. The average molecular weight is 268 g/mol. The first kappa shape index (κ1) is 12.6. The van der Waals surface area contributed by atoms with E-state index in [4.69, 9.17) is 15.8 Å². The molecule has 0 radical (unpaired) electrons. The van der Waals surface area contributed by atoms with E-state index < -0.39 is 15.9 Å². The zero-order chi connectivity index (χ0) is 11.6. The molecule has 0 unspecified atom stereocenters. The van der Waals surface area contributed by atoms with Crippen molar-refractivity contribution < 1.29 is 12.6 Å². The Hall–Kier alpha value is 0.160. The second-order valence-electron chi connectivity index (χ2n) is 4.67. The molecular weight excluding hydrogens is 250 g/mol. The van der Waals surface area contributed by atoms with Crippen molar-refractivity contribution in [3.63, 3.8) is 0 Å².